The molecule has 4 rings (SSSR count). The third kappa shape index (κ3) is 5.12. The lowest BCUT2D eigenvalue weighted by atomic mass is 9.88. The SMILES string of the molecule is O=C(CN[C@@H](Cc1ccccc1)c1ccccc1)N[C@H]1CCCc2ccccc21. The van der Waals surface area contributed by atoms with Gasteiger partial charge >= 0.3 is 0 Å². The van der Waals surface area contributed by atoms with Gasteiger partial charge in [-0.05, 0) is 47.9 Å². The van der Waals surface area contributed by atoms with Crippen LogP contribution in [0.3, 0.4) is 0 Å². The van der Waals surface area contributed by atoms with Gasteiger partial charge < -0.3 is 10.6 Å². The highest BCUT2D eigenvalue weighted by Crippen LogP contribution is 2.29. The van der Waals surface area contributed by atoms with E-state index in [0.29, 0.717) is 6.54 Å². The summed E-state index contributed by atoms with van der Waals surface area (Å²) < 4.78 is 0. The minimum absolute atomic E-state index is 0.0562. The first-order valence-corrected chi connectivity index (χ1v) is 10.5. The minimum atomic E-state index is 0.0562. The number of rotatable bonds is 7. The molecule has 0 aliphatic heterocycles. The molecule has 3 heteroatoms. The van der Waals surface area contributed by atoms with E-state index in [1.807, 2.05) is 24.3 Å². The molecule has 0 fully saturated rings. The summed E-state index contributed by atoms with van der Waals surface area (Å²) in [4.78, 5) is 12.7. The number of hydrogen-bond acceptors (Lipinski definition) is 2. The average molecular weight is 385 g/mol. The maximum absolute atomic E-state index is 12.7. The predicted molar refractivity (Wildman–Crippen MR) is 118 cm³/mol. The number of nitrogens with one attached hydrogen (secondary N) is 2. The number of amides is 1. The Kier molecular flexibility index (Phi) is 6.38. The Balaban J connectivity index is 1.40. The molecule has 0 unspecified atom stereocenters. The Morgan fingerprint density at radius 3 is 2.38 bits per heavy atom. The maximum atomic E-state index is 12.7. The summed E-state index contributed by atoms with van der Waals surface area (Å²) >= 11 is 0. The van der Waals surface area contributed by atoms with E-state index in [2.05, 4.69) is 71.3 Å². The van der Waals surface area contributed by atoms with Crippen LogP contribution in [0.15, 0.2) is 84.9 Å². The van der Waals surface area contributed by atoms with Gasteiger partial charge in [0.15, 0.2) is 0 Å². The quantitative estimate of drug-likeness (QED) is 0.617. The smallest absolute Gasteiger partial charge is 0.234 e. The number of hydrogen-bond donors (Lipinski definition) is 2. The third-order valence-electron chi connectivity index (χ3n) is 5.70. The second-order valence-corrected chi connectivity index (χ2v) is 7.75. The van der Waals surface area contributed by atoms with Gasteiger partial charge in [-0.15, -0.1) is 0 Å². The highest BCUT2D eigenvalue weighted by Gasteiger charge is 2.22. The van der Waals surface area contributed by atoms with E-state index in [1.165, 1.54) is 22.3 Å². The molecular formula is C26H28N2O. The molecule has 0 bridgehead atoms. The van der Waals surface area contributed by atoms with E-state index in [1.54, 1.807) is 0 Å². The van der Waals surface area contributed by atoms with Gasteiger partial charge in [-0.3, -0.25) is 4.79 Å². The number of benzene rings is 3. The molecule has 3 aromatic carbocycles. The van der Waals surface area contributed by atoms with Gasteiger partial charge in [0.25, 0.3) is 0 Å². The molecule has 3 aromatic rings. The van der Waals surface area contributed by atoms with Crippen molar-refractivity contribution in [2.24, 2.45) is 0 Å². The maximum Gasteiger partial charge on any atom is 0.234 e. The first kappa shape index (κ1) is 19.4. The van der Waals surface area contributed by atoms with E-state index in [0.717, 1.165) is 25.7 Å². The molecule has 148 valence electrons. The van der Waals surface area contributed by atoms with Crippen molar-refractivity contribution in [3.8, 4) is 0 Å². The van der Waals surface area contributed by atoms with Gasteiger partial charge in [-0.1, -0.05) is 84.9 Å². The van der Waals surface area contributed by atoms with Gasteiger partial charge in [0, 0.05) is 6.04 Å². The summed E-state index contributed by atoms with van der Waals surface area (Å²) in [5.74, 6) is 0.0562. The van der Waals surface area contributed by atoms with Crippen molar-refractivity contribution < 1.29 is 4.79 Å². The fourth-order valence-electron chi connectivity index (χ4n) is 4.21. The van der Waals surface area contributed by atoms with Crippen molar-refractivity contribution in [2.75, 3.05) is 6.54 Å². The Hall–Kier alpha value is -2.91. The van der Waals surface area contributed by atoms with Crippen LogP contribution in [-0.4, -0.2) is 12.5 Å². The summed E-state index contributed by atoms with van der Waals surface area (Å²) in [6.07, 6.45) is 4.09. The lowest BCUT2D eigenvalue weighted by molar-refractivity contribution is -0.121. The molecule has 0 saturated carbocycles. The van der Waals surface area contributed by atoms with Crippen molar-refractivity contribution >= 4 is 5.91 Å². The monoisotopic (exact) mass is 384 g/mol. The zero-order valence-corrected chi connectivity index (χ0v) is 16.7. The van der Waals surface area contributed by atoms with Crippen LogP contribution in [0, 0.1) is 0 Å². The normalized spacial score (nSPS) is 16.6. The van der Waals surface area contributed by atoms with E-state index in [9.17, 15) is 4.79 Å². The number of carbonyl (C=O) groups is 1. The zero-order valence-electron chi connectivity index (χ0n) is 16.7. The molecule has 1 aliphatic carbocycles. The summed E-state index contributed by atoms with van der Waals surface area (Å²) in [6, 6.07) is 29.5. The van der Waals surface area contributed by atoms with E-state index in [-0.39, 0.29) is 18.0 Å². The first-order chi connectivity index (χ1) is 14.3. The number of fused-ring (bicyclic) bond motifs is 1. The van der Waals surface area contributed by atoms with Gasteiger partial charge in [0.05, 0.1) is 12.6 Å². The Labute approximate surface area is 173 Å². The Morgan fingerprint density at radius 2 is 1.59 bits per heavy atom. The fourth-order valence-corrected chi connectivity index (χ4v) is 4.21. The number of aryl methyl sites for hydroxylation is 1. The topological polar surface area (TPSA) is 41.1 Å². The molecule has 3 nitrogen and oxygen atoms in total. The van der Waals surface area contributed by atoms with Crippen LogP contribution in [0.2, 0.25) is 0 Å². The van der Waals surface area contributed by atoms with E-state index < -0.39 is 0 Å². The molecule has 0 radical (unpaired) electrons. The zero-order chi connectivity index (χ0) is 19.9. The Morgan fingerprint density at radius 1 is 0.897 bits per heavy atom. The standard InChI is InChI=1S/C26H28N2O/c29-26(28-24-17-9-15-21-12-7-8-16-23(21)24)19-27-25(22-13-5-2-6-14-22)18-20-10-3-1-4-11-20/h1-8,10-14,16,24-25,27H,9,15,17-19H2,(H,28,29)/t24-,25-/m0/s1. The molecule has 1 aliphatic rings. The van der Waals surface area contributed by atoms with Gasteiger partial charge in [0.1, 0.15) is 0 Å². The molecule has 2 N–H and O–H groups in total. The molecule has 2 atom stereocenters. The van der Waals surface area contributed by atoms with Gasteiger partial charge in [-0.25, -0.2) is 0 Å². The third-order valence-corrected chi connectivity index (χ3v) is 5.70. The van der Waals surface area contributed by atoms with Crippen molar-refractivity contribution in [1.29, 1.82) is 0 Å². The highest BCUT2D eigenvalue weighted by atomic mass is 16.2. The summed E-state index contributed by atoms with van der Waals surface area (Å²) in [5.41, 5.74) is 5.10. The second kappa shape index (κ2) is 9.53. The molecule has 29 heavy (non-hydrogen) atoms. The van der Waals surface area contributed by atoms with E-state index in [4.69, 9.17) is 0 Å². The minimum Gasteiger partial charge on any atom is -0.348 e. The fraction of sp³-hybridized carbons (Fsp3) is 0.269. The summed E-state index contributed by atoms with van der Waals surface area (Å²) in [5, 5.41) is 6.73. The van der Waals surface area contributed by atoms with Gasteiger partial charge in [-0.2, -0.15) is 0 Å². The van der Waals surface area contributed by atoms with Crippen molar-refractivity contribution in [1.82, 2.24) is 10.6 Å². The van der Waals surface area contributed by atoms with Crippen LogP contribution in [0.25, 0.3) is 0 Å². The predicted octanol–water partition coefficient (Wildman–Crippen LogP) is 4.75. The van der Waals surface area contributed by atoms with Crippen LogP contribution < -0.4 is 10.6 Å². The van der Waals surface area contributed by atoms with Crippen LogP contribution in [0.4, 0.5) is 0 Å². The lowest BCUT2D eigenvalue weighted by Crippen LogP contribution is -2.39. The molecule has 0 heterocycles. The first-order valence-electron chi connectivity index (χ1n) is 10.5. The van der Waals surface area contributed by atoms with Crippen LogP contribution in [0.5, 0.6) is 0 Å². The summed E-state index contributed by atoms with van der Waals surface area (Å²) in [7, 11) is 0. The Bertz CT molecular complexity index is 924. The molecule has 0 saturated heterocycles. The highest BCUT2D eigenvalue weighted by molar-refractivity contribution is 5.78. The second-order valence-electron chi connectivity index (χ2n) is 7.75. The van der Waals surface area contributed by atoms with E-state index >= 15 is 0 Å². The molecule has 0 spiro atoms. The molecule has 1 amide bonds. The van der Waals surface area contributed by atoms with Crippen LogP contribution in [0.1, 0.15) is 47.2 Å². The summed E-state index contributed by atoms with van der Waals surface area (Å²) in [6.45, 7) is 0.311. The lowest BCUT2D eigenvalue weighted by Gasteiger charge is -2.27. The molecule has 0 aromatic heterocycles. The van der Waals surface area contributed by atoms with Crippen molar-refractivity contribution in [3.05, 3.63) is 107 Å². The average Bonchev–Trinajstić information content (AvgIpc) is 2.78. The largest absolute Gasteiger partial charge is 0.348 e. The van der Waals surface area contributed by atoms with Crippen LogP contribution >= 0.6 is 0 Å². The van der Waals surface area contributed by atoms with Gasteiger partial charge in [0.2, 0.25) is 5.91 Å². The van der Waals surface area contributed by atoms with Crippen LogP contribution in [-0.2, 0) is 17.6 Å². The molecular weight excluding hydrogens is 356 g/mol. The number of carbonyl (C=O) groups excluding carboxylic acids is 1. The van der Waals surface area contributed by atoms with Crippen molar-refractivity contribution in [2.45, 2.75) is 37.8 Å². The van der Waals surface area contributed by atoms with Crippen molar-refractivity contribution in [3.63, 3.8) is 0 Å².